The Balaban J connectivity index is 1.68. The highest BCUT2D eigenvalue weighted by atomic mass is 35.5. The number of nitrogens with zero attached hydrogens (tertiary/aromatic N) is 1. The van der Waals surface area contributed by atoms with Crippen LogP contribution in [-0.2, 0) is 16.1 Å². The van der Waals surface area contributed by atoms with E-state index in [1.807, 2.05) is 36.2 Å². The van der Waals surface area contributed by atoms with Crippen LogP contribution in [0.1, 0.15) is 18.4 Å². The predicted octanol–water partition coefficient (Wildman–Crippen LogP) is 2.07. The van der Waals surface area contributed by atoms with Crippen molar-refractivity contribution in [2.24, 2.45) is 0 Å². The minimum absolute atomic E-state index is 0.0389. The molecule has 1 atom stereocenters. The Hall–Kier alpha value is -1.10. The second kappa shape index (κ2) is 7.62. The van der Waals surface area contributed by atoms with E-state index in [-0.39, 0.29) is 12.0 Å². The maximum Gasteiger partial charge on any atom is 0.234 e. The van der Waals surface area contributed by atoms with Crippen LogP contribution in [0.5, 0.6) is 0 Å². The predicted molar refractivity (Wildman–Crippen MR) is 79.8 cm³/mol. The van der Waals surface area contributed by atoms with E-state index < -0.39 is 0 Å². The fraction of sp³-hybridized carbons (Fsp3) is 0.533. The number of amides is 1. The molecule has 0 saturated carbocycles. The molecule has 1 aliphatic heterocycles. The van der Waals surface area contributed by atoms with Crippen molar-refractivity contribution >= 4 is 17.5 Å². The van der Waals surface area contributed by atoms with E-state index in [9.17, 15) is 4.79 Å². The van der Waals surface area contributed by atoms with Crippen molar-refractivity contribution in [1.29, 1.82) is 0 Å². The first kappa shape index (κ1) is 15.3. The Morgan fingerprint density at radius 2 is 2.20 bits per heavy atom. The largest absolute Gasteiger partial charge is 0.376 e. The lowest BCUT2D eigenvalue weighted by atomic mass is 10.2. The Morgan fingerprint density at radius 3 is 2.85 bits per heavy atom. The summed E-state index contributed by atoms with van der Waals surface area (Å²) in [6.45, 7) is 2.55. The van der Waals surface area contributed by atoms with Gasteiger partial charge in [0.25, 0.3) is 0 Å². The first-order valence-corrected chi connectivity index (χ1v) is 7.32. The summed E-state index contributed by atoms with van der Waals surface area (Å²) in [5.41, 5.74) is 1.14. The van der Waals surface area contributed by atoms with Gasteiger partial charge in [-0.05, 0) is 37.6 Å². The molecule has 1 aliphatic rings. The quantitative estimate of drug-likeness (QED) is 0.874. The molecule has 20 heavy (non-hydrogen) atoms. The summed E-state index contributed by atoms with van der Waals surface area (Å²) in [6, 6.07) is 7.68. The molecule has 1 fully saturated rings. The van der Waals surface area contributed by atoms with Crippen LogP contribution in [0.25, 0.3) is 0 Å². The first-order valence-electron chi connectivity index (χ1n) is 6.95. The van der Waals surface area contributed by atoms with Crippen molar-refractivity contribution < 1.29 is 9.53 Å². The zero-order valence-corrected chi connectivity index (χ0v) is 12.5. The molecule has 1 aromatic rings. The van der Waals surface area contributed by atoms with E-state index in [0.717, 1.165) is 36.6 Å². The van der Waals surface area contributed by atoms with Gasteiger partial charge in [0.1, 0.15) is 0 Å². The minimum atomic E-state index is 0.0389. The highest BCUT2D eigenvalue weighted by Gasteiger charge is 2.16. The van der Waals surface area contributed by atoms with E-state index in [4.69, 9.17) is 16.3 Å². The number of halogens is 1. The van der Waals surface area contributed by atoms with Crippen LogP contribution in [0.4, 0.5) is 0 Å². The fourth-order valence-corrected chi connectivity index (χ4v) is 2.42. The van der Waals surface area contributed by atoms with Crippen molar-refractivity contribution in [2.45, 2.75) is 25.5 Å². The van der Waals surface area contributed by atoms with Gasteiger partial charge in [-0.2, -0.15) is 0 Å². The number of hydrogen-bond acceptors (Lipinski definition) is 3. The van der Waals surface area contributed by atoms with Crippen molar-refractivity contribution in [3.05, 3.63) is 34.9 Å². The Labute approximate surface area is 125 Å². The standard InChI is InChI=1S/C15H21ClN2O2/c1-18(10-12-4-6-13(16)7-5-12)11-15(19)17-9-14-3-2-8-20-14/h4-7,14H,2-3,8-11H2,1H3,(H,17,19). The summed E-state index contributed by atoms with van der Waals surface area (Å²) in [4.78, 5) is 13.8. The first-order chi connectivity index (χ1) is 9.63. The lowest BCUT2D eigenvalue weighted by Crippen LogP contribution is -2.38. The van der Waals surface area contributed by atoms with E-state index in [0.29, 0.717) is 13.1 Å². The van der Waals surface area contributed by atoms with Crippen molar-refractivity contribution in [1.82, 2.24) is 10.2 Å². The van der Waals surface area contributed by atoms with Gasteiger partial charge in [-0.3, -0.25) is 9.69 Å². The van der Waals surface area contributed by atoms with Crippen LogP contribution in [0, 0.1) is 0 Å². The van der Waals surface area contributed by atoms with Gasteiger partial charge in [-0.15, -0.1) is 0 Å². The molecule has 110 valence electrons. The summed E-state index contributed by atoms with van der Waals surface area (Å²) < 4.78 is 5.47. The van der Waals surface area contributed by atoms with Crippen LogP contribution in [0.2, 0.25) is 5.02 Å². The number of benzene rings is 1. The minimum Gasteiger partial charge on any atom is -0.376 e. The highest BCUT2D eigenvalue weighted by Crippen LogP contribution is 2.11. The third-order valence-electron chi connectivity index (χ3n) is 3.33. The monoisotopic (exact) mass is 296 g/mol. The van der Waals surface area contributed by atoms with E-state index in [1.54, 1.807) is 0 Å². The maximum atomic E-state index is 11.8. The number of carbonyl (C=O) groups is 1. The van der Waals surface area contributed by atoms with Crippen LogP contribution in [-0.4, -0.2) is 43.7 Å². The molecule has 1 N–H and O–H groups in total. The summed E-state index contributed by atoms with van der Waals surface area (Å²) in [5, 5.41) is 3.65. The van der Waals surface area contributed by atoms with Gasteiger partial charge in [-0.1, -0.05) is 23.7 Å². The van der Waals surface area contributed by atoms with Crippen LogP contribution in [0.15, 0.2) is 24.3 Å². The molecular formula is C15H21ClN2O2. The molecule has 0 aromatic heterocycles. The summed E-state index contributed by atoms with van der Waals surface area (Å²) in [6.07, 6.45) is 2.33. The lowest BCUT2D eigenvalue weighted by Gasteiger charge is -2.17. The van der Waals surface area contributed by atoms with Gasteiger partial charge in [0.05, 0.1) is 12.6 Å². The molecule has 1 saturated heterocycles. The van der Waals surface area contributed by atoms with E-state index in [1.165, 1.54) is 0 Å². The molecule has 1 unspecified atom stereocenters. The molecule has 2 rings (SSSR count). The number of carbonyl (C=O) groups excluding carboxylic acids is 1. The van der Waals surface area contributed by atoms with E-state index >= 15 is 0 Å². The molecule has 0 aliphatic carbocycles. The Kier molecular flexibility index (Phi) is 5.83. The van der Waals surface area contributed by atoms with Crippen LogP contribution < -0.4 is 5.32 Å². The maximum absolute atomic E-state index is 11.8. The zero-order valence-electron chi connectivity index (χ0n) is 11.8. The molecule has 5 heteroatoms. The highest BCUT2D eigenvalue weighted by molar-refractivity contribution is 6.30. The average Bonchev–Trinajstić information content (AvgIpc) is 2.92. The number of rotatable bonds is 6. The van der Waals surface area contributed by atoms with E-state index in [2.05, 4.69) is 5.32 Å². The number of hydrogen-bond donors (Lipinski definition) is 1. The normalized spacial score (nSPS) is 18.4. The van der Waals surface area contributed by atoms with Gasteiger partial charge >= 0.3 is 0 Å². The molecular weight excluding hydrogens is 276 g/mol. The molecule has 0 spiro atoms. The molecule has 4 nitrogen and oxygen atoms in total. The summed E-state index contributed by atoms with van der Waals surface area (Å²) >= 11 is 5.85. The SMILES string of the molecule is CN(CC(=O)NCC1CCCO1)Cc1ccc(Cl)cc1. The molecule has 1 heterocycles. The van der Waals surface area contributed by atoms with Crippen molar-refractivity contribution in [3.63, 3.8) is 0 Å². The van der Waals surface area contributed by atoms with Crippen molar-refractivity contribution in [3.8, 4) is 0 Å². The summed E-state index contributed by atoms with van der Waals surface area (Å²) in [7, 11) is 1.93. The Morgan fingerprint density at radius 1 is 1.45 bits per heavy atom. The topological polar surface area (TPSA) is 41.6 Å². The second-order valence-corrected chi connectivity index (χ2v) is 5.67. The van der Waals surface area contributed by atoms with Crippen molar-refractivity contribution in [2.75, 3.05) is 26.7 Å². The van der Waals surface area contributed by atoms with Gasteiger partial charge in [0.2, 0.25) is 5.91 Å². The molecule has 0 bridgehead atoms. The number of nitrogens with one attached hydrogen (secondary N) is 1. The lowest BCUT2D eigenvalue weighted by molar-refractivity contribution is -0.122. The van der Waals surface area contributed by atoms with Gasteiger partial charge < -0.3 is 10.1 Å². The molecule has 1 aromatic carbocycles. The molecule has 0 radical (unpaired) electrons. The Bertz CT molecular complexity index is 430. The number of ether oxygens (including phenoxy) is 1. The van der Waals surface area contributed by atoms with Crippen LogP contribution >= 0.6 is 11.6 Å². The second-order valence-electron chi connectivity index (χ2n) is 5.24. The third kappa shape index (κ3) is 5.12. The van der Waals surface area contributed by atoms with Gasteiger partial charge in [0, 0.05) is 24.7 Å². The fourth-order valence-electron chi connectivity index (χ4n) is 2.29. The zero-order chi connectivity index (χ0) is 14.4. The smallest absolute Gasteiger partial charge is 0.234 e. The summed E-state index contributed by atoms with van der Waals surface area (Å²) in [5.74, 6) is 0.0389. The van der Waals surface area contributed by atoms with Crippen LogP contribution in [0.3, 0.4) is 0 Å². The van der Waals surface area contributed by atoms with Gasteiger partial charge in [-0.25, -0.2) is 0 Å². The average molecular weight is 297 g/mol. The number of likely N-dealkylation sites (N-methyl/N-ethyl adjacent to an activating group) is 1. The van der Waals surface area contributed by atoms with Gasteiger partial charge in [0.15, 0.2) is 0 Å². The molecule has 1 amide bonds. The third-order valence-corrected chi connectivity index (χ3v) is 3.58.